The van der Waals surface area contributed by atoms with E-state index in [4.69, 9.17) is 4.74 Å². The zero-order valence-corrected chi connectivity index (χ0v) is 12.5. The zero-order valence-electron chi connectivity index (χ0n) is 12.5. The van der Waals surface area contributed by atoms with E-state index < -0.39 is 18.0 Å². The molecule has 1 aromatic heterocycles. The van der Waals surface area contributed by atoms with Crippen LogP contribution in [0.25, 0.3) is 0 Å². The summed E-state index contributed by atoms with van der Waals surface area (Å²) in [6, 6.07) is 0. The maximum absolute atomic E-state index is 12.8. The van der Waals surface area contributed by atoms with E-state index in [0.29, 0.717) is 19.0 Å². The summed E-state index contributed by atoms with van der Waals surface area (Å²) in [7, 11) is 0. The van der Waals surface area contributed by atoms with Gasteiger partial charge >= 0.3 is 12.1 Å². The van der Waals surface area contributed by atoms with Crippen molar-refractivity contribution < 1.29 is 22.7 Å². The highest BCUT2D eigenvalue weighted by atomic mass is 19.4. The Morgan fingerprint density at radius 1 is 1.41 bits per heavy atom. The first-order valence-corrected chi connectivity index (χ1v) is 7.19. The molecule has 1 aliphatic heterocycles. The maximum atomic E-state index is 12.8. The predicted octanol–water partition coefficient (Wildman–Crippen LogP) is 2.91. The number of ether oxygens (including phenoxy) is 1. The lowest BCUT2D eigenvalue weighted by molar-refractivity contribution is -0.144. The fraction of sp³-hybridized carbons (Fsp3) is 0.643. The van der Waals surface area contributed by atoms with Gasteiger partial charge in [0.25, 0.3) is 0 Å². The number of hydrogen-bond acceptors (Lipinski definition) is 5. The van der Waals surface area contributed by atoms with Gasteiger partial charge in [-0.3, -0.25) is 0 Å². The van der Waals surface area contributed by atoms with Gasteiger partial charge < -0.3 is 9.64 Å². The molecule has 5 nitrogen and oxygen atoms in total. The second kappa shape index (κ2) is 6.50. The summed E-state index contributed by atoms with van der Waals surface area (Å²) in [5, 5.41) is 0. The highest BCUT2D eigenvalue weighted by Crippen LogP contribution is 2.30. The summed E-state index contributed by atoms with van der Waals surface area (Å²) in [5.74, 6) is -1.43. The molecule has 0 amide bonds. The molecule has 0 radical (unpaired) electrons. The van der Waals surface area contributed by atoms with Crippen molar-refractivity contribution in [2.45, 2.75) is 32.9 Å². The SMILES string of the molecule is CCOC(=O)c1cnc(C(F)(F)F)nc1N1CCC(C)CC1. The molecule has 0 aliphatic carbocycles. The molecule has 2 rings (SSSR count). The highest BCUT2D eigenvalue weighted by Gasteiger charge is 2.36. The topological polar surface area (TPSA) is 55.3 Å². The molecule has 122 valence electrons. The molecule has 1 aliphatic rings. The molecule has 0 saturated carbocycles. The number of piperidine rings is 1. The van der Waals surface area contributed by atoms with Gasteiger partial charge in [-0.25, -0.2) is 14.8 Å². The van der Waals surface area contributed by atoms with Gasteiger partial charge in [0, 0.05) is 19.3 Å². The monoisotopic (exact) mass is 317 g/mol. The number of esters is 1. The maximum Gasteiger partial charge on any atom is 0.451 e. The Kier molecular flexibility index (Phi) is 4.87. The number of hydrogen-bond donors (Lipinski definition) is 0. The number of anilines is 1. The first-order chi connectivity index (χ1) is 10.3. The summed E-state index contributed by atoms with van der Waals surface area (Å²) >= 11 is 0. The van der Waals surface area contributed by atoms with E-state index in [-0.39, 0.29) is 18.0 Å². The summed E-state index contributed by atoms with van der Waals surface area (Å²) in [4.78, 5) is 20.5. The largest absolute Gasteiger partial charge is 0.462 e. The van der Waals surface area contributed by atoms with Gasteiger partial charge in [-0.05, 0) is 25.7 Å². The first kappa shape index (κ1) is 16.5. The molecule has 1 saturated heterocycles. The van der Waals surface area contributed by atoms with Gasteiger partial charge in [0.05, 0.1) is 6.61 Å². The number of carbonyl (C=O) groups is 1. The average Bonchev–Trinajstić information content (AvgIpc) is 2.47. The van der Waals surface area contributed by atoms with Crippen molar-refractivity contribution in [1.82, 2.24) is 9.97 Å². The molecule has 0 aromatic carbocycles. The minimum Gasteiger partial charge on any atom is -0.462 e. The molecule has 22 heavy (non-hydrogen) atoms. The lowest BCUT2D eigenvalue weighted by Gasteiger charge is -2.32. The van der Waals surface area contributed by atoms with Gasteiger partial charge in [0.15, 0.2) is 0 Å². The van der Waals surface area contributed by atoms with Crippen molar-refractivity contribution in [3.05, 3.63) is 17.6 Å². The third-order valence-corrected chi connectivity index (χ3v) is 3.60. The van der Waals surface area contributed by atoms with E-state index in [1.165, 1.54) is 0 Å². The minimum absolute atomic E-state index is 0.00711. The van der Waals surface area contributed by atoms with Crippen LogP contribution in [0.2, 0.25) is 0 Å². The molecule has 2 heterocycles. The number of nitrogens with zero attached hydrogens (tertiary/aromatic N) is 3. The smallest absolute Gasteiger partial charge is 0.451 e. The van der Waals surface area contributed by atoms with Crippen LogP contribution >= 0.6 is 0 Å². The molecular formula is C14H18F3N3O2. The van der Waals surface area contributed by atoms with E-state index in [1.807, 2.05) is 0 Å². The Hall–Kier alpha value is -1.86. The van der Waals surface area contributed by atoms with Crippen LogP contribution in [0.5, 0.6) is 0 Å². The lowest BCUT2D eigenvalue weighted by atomic mass is 9.99. The second-order valence-corrected chi connectivity index (χ2v) is 5.32. The van der Waals surface area contributed by atoms with Crippen LogP contribution in [0.1, 0.15) is 42.9 Å². The van der Waals surface area contributed by atoms with Crippen LogP contribution in [0.3, 0.4) is 0 Å². The normalized spacial score (nSPS) is 16.7. The number of halogens is 3. The molecule has 0 atom stereocenters. The number of alkyl halides is 3. The Bertz CT molecular complexity index is 541. The van der Waals surface area contributed by atoms with Crippen molar-refractivity contribution >= 4 is 11.8 Å². The molecule has 0 unspecified atom stereocenters. The number of rotatable bonds is 3. The summed E-state index contributed by atoms with van der Waals surface area (Å²) < 4.78 is 43.3. The number of carbonyl (C=O) groups excluding carboxylic acids is 1. The van der Waals surface area contributed by atoms with Crippen molar-refractivity contribution in [2.75, 3.05) is 24.6 Å². The van der Waals surface area contributed by atoms with Gasteiger partial charge in [0.2, 0.25) is 5.82 Å². The predicted molar refractivity (Wildman–Crippen MR) is 73.6 cm³/mol. The molecule has 0 bridgehead atoms. The molecule has 8 heteroatoms. The van der Waals surface area contributed by atoms with Gasteiger partial charge in [-0.2, -0.15) is 13.2 Å². The molecule has 1 fully saturated rings. The fourth-order valence-electron chi connectivity index (χ4n) is 2.32. The van der Waals surface area contributed by atoms with Crippen LogP contribution in [-0.2, 0) is 10.9 Å². The first-order valence-electron chi connectivity index (χ1n) is 7.19. The van der Waals surface area contributed by atoms with Gasteiger partial charge in [-0.15, -0.1) is 0 Å². The number of aromatic nitrogens is 2. The third kappa shape index (κ3) is 3.66. The lowest BCUT2D eigenvalue weighted by Crippen LogP contribution is -2.35. The zero-order chi connectivity index (χ0) is 16.3. The van der Waals surface area contributed by atoms with E-state index in [2.05, 4.69) is 16.9 Å². The standard InChI is InChI=1S/C14H18F3N3O2/c1-3-22-12(21)10-8-18-13(14(15,16)17)19-11(10)20-6-4-9(2)5-7-20/h8-9H,3-7H2,1-2H3. The second-order valence-electron chi connectivity index (χ2n) is 5.32. The minimum atomic E-state index is -4.65. The Morgan fingerprint density at radius 3 is 2.59 bits per heavy atom. The average molecular weight is 317 g/mol. The molecular weight excluding hydrogens is 299 g/mol. The van der Waals surface area contributed by atoms with Gasteiger partial charge in [-0.1, -0.05) is 6.92 Å². The summed E-state index contributed by atoms with van der Waals surface area (Å²) in [6.07, 6.45) is -2.06. The Balaban J connectivity index is 2.39. The molecule has 1 aromatic rings. The van der Waals surface area contributed by atoms with Crippen molar-refractivity contribution in [2.24, 2.45) is 5.92 Å². The summed E-state index contributed by atoms with van der Waals surface area (Å²) in [5.41, 5.74) is -0.0237. The fourth-order valence-corrected chi connectivity index (χ4v) is 2.32. The third-order valence-electron chi connectivity index (χ3n) is 3.60. The molecule has 0 spiro atoms. The van der Waals surface area contributed by atoms with E-state index in [9.17, 15) is 18.0 Å². The highest BCUT2D eigenvalue weighted by molar-refractivity contribution is 5.94. The Labute approximate surface area is 126 Å². The van der Waals surface area contributed by atoms with Crippen molar-refractivity contribution in [3.63, 3.8) is 0 Å². The van der Waals surface area contributed by atoms with Crippen LogP contribution in [-0.4, -0.2) is 35.6 Å². The van der Waals surface area contributed by atoms with Gasteiger partial charge in [0.1, 0.15) is 11.4 Å². The van der Waals surface area contributed by atoms with Crippen LogP contribution in [0, 0.1) is 5.92 Å². The van der Waals surface area contributed by atoms with Crippen LogP contribution in [0.4, 0.5) is 19.0 Å². The van der Waals surface area contributed by atoms with E-state index in [1.54, 1.807) is 11.8 Å². The van der Waals surface area contributed by atoms with Crippen molar-refractivity contribution in [1.29, 1.82) is 0 Å². The van der Waals surface area contributed by atoms with E-state index >= 15 is 0 Å². The quantitative estimate of drug-likeness (QED) is 0.802. The van der Waals surface area contributed by atoms with Crippen molar-refractivity contribution in [3.8, 4) is 0 Å². The van der Waals surface area contributed by atoms with Crippen LogP contribution in [0.15, 0.2) is 6.20 Å². The van der Waals surface area contributed by atoms with Crippen LogP contribution < -0.4 is 4.90 Å². The molecule has 0 N–H and O–H groups in total. The summed E-state index contributed by atoms with van der Waals surface area (Å²) in [6.45, 7) is 4.97. The Morgan fingerprint density at radius 2 is 2.05 bits per heavy atom. The van der Waals surface area contributed by atoms with E-state index in [0.717, 1.165) is 19.0 Å².